The van der Waals surface area contributed by atoms with Crippen molar-refractivity contribution in [2.24, 2.45) is 0 Å². The van der Waals surface area contributed by atoms with Gasteiger partial charge in [0.1, 0.15) is 0 Å². The van der Waals surface area contributed by atoms with Crippen LogP contribution in [0.15, 0.2) is 12.1 Å². The third-order valence-electron chi connectivity index (χ3n) is 2.23. The minimum Gasteiger partial charge on any atom is -0.381 e. The summed E-state index contributed by atoms with van der Waals surface area (Å²) in [7, 11) is 0. The number of unbranched alkanes of at least 4 members (excludes halogenated alkanes) is 2. The maximum absolute atomic E-state index is 5.52. The molecular formula is C12H19IOS. The number of hydrogen-bond donors (Lipinski definition) is 0. The van der Waals surface area contributed by atoms with E-state index in [1.165, 1.54) is 39.9 Å². The fourth-order valence-corrected chi connectivity index (χ4v) is 3.14. The van der Waals surface area contributed by atoms with Crippen molar-refractivity contribution in [3.8, 4) is 0 Å². The predicted molar refractivity (Wildman–Crippen MR) is 75.7 cm³/mol. The van der Waals surface area contributed by atoms with Gasteiger partial charge in [-0.05, 0) is 60.4 Å². The van der Waals surface area contributed by atoms with Gasteiger partial charge in [0.25, 0.3) is 0 Å². The third-order valence-corrected chi connectivity index (χ3v) is 4.19. The first-order valence-corrected chi connectivity index (χ1v) is 7.54. The maximum atomic E-state index is 5.52. The van der Waals surface area contributed by atoms with E-state index in [1.807, 2.05) is 11.3 Å². The Morgan fingerprint density at radius 2 is 2.00 bits per heavy atom. The molecule has 1 aromatic heterocycles. The SMILES string of the molecule is CCCCOCCCCc1ccc(I)s1. The molecule has 0 aromatic carbocycles. The molecule has 15 heavy (non-hydrogen) atoms. The Bertz CT molecular complexity index is 260. The molecule has 0 unspecified atom stereocenters. The van der Waals surface area contributed by atoms with Crippen molar-refractivity contribution in [3.63, 3.8) is 0 Å². The summed E-state index contributed by atoms with van der Waals surface area (Å²) < 4.78 is 6.91. The Morgan fingerprint density at radius 1 is 1.20 bits per heavy atom. The first kappa shape index (κ1) is 13.5. The quantitative estimate of drug-likeness (QED) is 0.501. The average Bonchev–Trinajstić information content (AvgIpc) is 2.63. The summed E-state index contributed by atoms with van der Waals surface area (Å²) in [6.45, 7) is 4.07. The number of rotatable bonds is 8. The Hall–Kier alpha value is 0.390. The predicted octanol–water partition coefficient (Wildman–Crippen LogP) is 4.49. The van der Waals surface area contributed by atoms with Gasteiger partial charge < -0.3 is 4.74 Å². The lowest BCUT2D eigenvalue weighted by Crippen LogP contribution is -1.97. The van der Waals surface area contributed by atoms with Crippen LogP contribution >= 0.6 is 33.9 Å². The largest absolute Gasteiger partial charge is 0.381 e. The minimum atomic E-state index is 0.933. The first-order valence-electron chi connectivity index (χ1n) is 5.65. The molecule has 0 aliphatic carbocycles. The van der Waals surface area contributed by atoms with Gasteiger partial charge in [0.2, 0.25) is 0 Å². The highest BCUT2D eigenvalue weighted by atomic mass is 127. The van der Waals surface area contributed by atoms with Crippen LogP contribution in [0.25, 0.3) is 0 Å². The van der Waals surface area contributed by atoms with Gasteiger partial charge >= 0.3 is 0 Å². The lowest BCUT2D eigenvalue weighted by molar-refractivity contribution is 0.127. The van der Waals surface area contributed by atoms with Crippen molar-refractivity contribution in [1.82, 2.24) is 0 Å². The van der Waals surface area contributed by atoms with Crippen molar-refractivity contribution in [2.75, 3.05) is 13.2 Å². The number of thiophene rings is 1. The van der Waals surface area contributed by atoms with Crippen LogP contribution in [0.3, 0.4) is 0 Å². The molecule has 3 heteroatoms. The van der Waals surface area contributed by atoms with Crippen molar-refractivity contribution in [2.45, 2.75) is 39.0 Å². The molecule has 0 aliphatic rings. The van der Waals surface area contributed by atoms with E-state index < -0.39 is 0 Å². The number of ether oxygens (including phenoxy) is 1. The monoisotopic (exact) mass is 338 g/mol. The van der Waals surface area contributed by atoms with Crippen LogP contribution in [0, 0.1) is 2.88 Å². The van der Waals surface area contributed by atoms with Crippen molar-refractivity contribution in [1.29, 1.82) is 0 Å². The fourth-order valence-electron chi connectivity index (χ4n) is 1.34. The lowest BCUT2D eigenvalue weighted by atomic mass is 10.2. The average molecular weight is 338 g/mol. The van der Waals surface area contributed by atoms with Crippen LogP contribution in [-0.4, -0.2) is 13.2 Å². The van der Waals surface area contributed by atoms with E-state index in [-0.39, 0.29) is 0 Å². The van der Waals surface area contributed by atoms with E-state index in [2.05, 4.69) is 41.6 Å². The van der Waals surface area contributed by atoms with Gasteiger partial charge in [-0.3, -0.25) is 0 Å². The van der Waals surface area contributed by atoms with Gasteiger partial charge in [-0.2, -0.15) is 0 Å². The Balaban J connectivity index is 1.93. The Morgan fingerprint density at radius 3 is 2.67 bits per heavy atom. The van der Waals surface area contributed by atoms with Gasteiger partial charge in [0.05, 0.1) is 2.88 Å². The lowest BCUT2D eigenvalue weighted by Gasteiger charge is -2.02. The third kappa shape index (κ3) is 6.53. The zero-order valence-corrected chi connectivity index (χ0v) is 12.3. The molecule has 0 aliphatic heterocycles. The molecule has 0 radical (unpaired) electrons. The van der Waals surface area contributed by atoms with Crippen LogP contribution in [-0.2, 0) is 11.2 Å². The second kappa shape index (κ2) is 8.53. The normalized spacial score (nSPS) is 10.8. The molecule has 0 fully saturated rings. The first-order chi connectivity index (χ1) is 7.33. The molecule has 0 amide bonds. The van der Waals surface area contributed by atoms with Crippen LogP contribution in [0.2, 0.25) is 0 Å². The highest BCUT2D eigenvalue weighted by Crippen LogP contribution is 2.19. The molecule has 1 aromatic rings. The van der Waals surface area contributed by atoms with Gasteiger partial charge in [-0.15, -0.1) is 11.3 Å². The fraction of sp³-hybridized carbons (Fsp3) is 0.667. The molecule has 1 nitrogen and oxygen atoms in total. The molecule has 1 heterocycles. The highest BCUT2D eigenvalue weighted by molar-refractivity contribution is 14.1. The zero-order chi connectivity index (χ0) is 10.9. The second-order valence-corrected chi connectivity index (χ2v) is 6.69. The van der Waals surface area contributed by atoms with Crippen LogP contribution in [0.4, 0.5) is 0 Å². The van der Waals surface area contributed by atoms with Gasteiger partial charge in [0.15, 0.2) is 0 Å². The zero-order valence-electron chi connectivity index (χ0n) is 9.30. The second-order valence-electron chi connectivity index (χ2n) is 3.63. The molecule has 86 valence electrons. The van der Waals surface area contributed by atoms with Gasteiger partial charge in [-0.25, -0.2) is 0 Å². The summed E-state index contributed by atoms with van der Waals surface area (Å²) in [6, 6.07) is 4.43. The summed E-state index contributed by atoms with van der Waals surface area (Å²) in [6.07, 6.45) is 6.09. The summed E-state index contributed by atoms with van der Waals surface area (Å²) in [5, 5.41) is 0. The van der Waals surface area contributed by atoms with Crippen molar-refractivity contribution in [3.05, 3.63) is 19.9 Å². The van der Waals surface area contributed by atoms with E-state index in [9.17, 15) is 0 Å². The Labute approximate surface area is 110 Å². The van der Waals surface area contributed by atoms with E-state index in [1.54, 1.807) is 0 Å². The van der Waals surface area contributed by atoms with Gasteiger partial charge in [-0.1, -0.05) is 13.3 Å². The summed E-state index contributed by atoms with van der Waals surface area (Å²) in [5.41, 5.74) is 0. The van der Waals surface area contributed by atoms with Gasteiger partial charge in [0, 0.05) is 18.1 Å². The minimum absolute atomic E-state index is 0.933. The summed E-state index contributed by atoms with van der Waals surface area (Å²) in [4.78, 5) is 1.51. The number of hydrogen-bond acceptors (Lipinski definition) is 2. The number of aryl methyl sites for hydroxylation is 1. The molecule has 0 atom stereocenters. The van der Waals surface area contributed by atoms with E-state index in [0.29, 0.717) is 0 Å². The van der Waals surface area contributed by atoms with E-state index >= 15 is 0 Å². The molecule has 0 saturated carbocycles. The smallest absolute Gasteiger partial charge is 0.0656 e. The Kier molecular flexibility index (Phi) is 7.65. The molecular weight excluding hydrogens is 319 g/mol. The van der Waals surface area contributed by atoms with Crippen LogP contribution < -0.4 is 0 Å². The van der Waals surface area contributed by atoms with E-state index in [0.717, 1.165) is 13.2 Å². The highest BCUT2D eigenvalue weighted by Gasteiger charge is 1.97. The van der Waals surface area contributed by atoms with Crippen molar-refractivity contribution >= 4 is 33.9 Å². The molecule has 0 N–H and O–H groups in total. The number of halogens is 1. The van der Waals surface area contributed by atoms with Crippen LogP contribution in [0.1, 0.15) is 37.5 Å². The topological polar surface area (TPSA) is 9.23 Å². The summed E-state index contributed by atoms with van der Waals surface area (Å²) in [5.74, 6) is 0. The van der Waals surface area contributed by atoms with Crippen LogP contribution in [0.5, 0.6) is 0 Å². The molecule has 0 saturated heterocycles. The van der Waals surface area contributed by atoms with Crippen molar-refractivity contribution < 1.29 is 4.74 Å². The summed E-state index contributed by atoms with van der Waals surface area (Å²) >= 11 is 4.28. The molecule has 0 bridgehead atoms. The molecule has 0 spiro atoms. The molecule has 1 rings (SSSR count). The standard InChI is InChI=1S/C12H19IOS/c1-2-3-9-14-10-5-4-6-11-7-8-12(13)15-11/h7-8H,2-6,9-10H2,1H3. The maximum Gasteiger partial charge on any atom is 0.0656 e. The van der Waals surface area contributed by atoms with E-state index in [4.69, 9.17) is 4.74 Å².